The molecule has 0 aromatic heterocycles. The van der Waals surface area contributed by atoms with Crippen LogP contribution in [0.5, 0.6) is 0 Å². The Balaban J connectivity index is 1.78. The van der Waals surface area contributed by atoms with Gasteiger partial charge in [0, 0.05) is 40.9 Å². The fraction of sp³-hybridized carbons (Fsp3) is 0.350. The zero-order valence-electron chi connectivity index (χ0n) is 14.9. The summed E-state index contributed by atoms with van der Waals surface area (Å²) in [6, 6.07) is 4.04. The maximum atomic E-state index is 12.7. The normalized spacial score (nSPS) is 18.6. The van der Waals surface area contributed by atoms with Crippen molar-refractivity contribution in [3.63, 3.8) is 0 Å². The minimum absolute atomic E-state index is 0.144. The fourth-order valence-corrected chi connectivity index (χ4v) is 3.39. The highest BCUT2D eigenvalue weighted by Crippen LogP contribution is 2.32. The number of amides is 1. The van der Waals surface area contributed by atoms with Crippen molar-refractivity contribution in [1.29, 1.82) is 0 Å². The molecule has 0 atom stereocenters. The molecule has 4 nitrogen and oxygen atoms in total. The van der Waals surface area contributed by atoms with Crippen LogP contribution in [0.3, 0.4) is 0 Å². The first-order chi connectivity index (χ1) is 12.6. The van der Waals surface area contributed by atoms with E-state index >= 15 is 0 Å². The summed E-state index contributed by atoms with van der Waals surface area (Å²) in [6.07, 6.45) is -3.94. The lowest BCUT2D eigenvalue weighted by Gasteiger charge is -2.21. The zero-order chi connectivity index (χ0) is 19.9. The van der Waals surface area contributed by atoms with Gasteiger partial charge >= 0.3 is 6.18 Å². The number of carbonyl (C=O) groups excluding carboxylic acids is 3. The first-order valence-corrected chi connectivity index (χ1v) is 8.56. The molecule has 1 heterocycles. The molecule has 0 fully saturated rings. The molecular weight excluding hydrogens is 359 g/mol. The molecule has 0 N–H and O–H groups in total. The second kappa shape index (κ2) is 6.79. The lowest BCUT2D eigenvalue weighted by atomic mass is 9.83. The summed E-state index contributed by atoms with van der Waals surface area (Å²) in [4.78, 5) is 39.1. The van der Waals surface area contributed by atoms with E-state index in [0.29, 0.717) is 22.3 Å². The number of hydrogen-bond donors (Lipinski definition) is 0. The molecule has 0 saturated carbocycles. The number of Topliss-reactive ketones (excluding diaryl/α,β-unsaturated/α-hetero) is 2. The third-order valence-electron chi connectivity index (χ3n) is 5.17. The highest BCUT2D eigenvalue weighted by molar-refractivity contribution is 6.24. The van der Waals surface area contributed by atoms with Crippen molar-refractivity contribution in [2.75, 3.05) is 13.1 Å². The SMILES string of the molecule is CC1=C(C)C(=O)C2=C(CCN(C(=O)c3ccc(C(F)(F)F)cc3)CC2)C1=O. The Hall–Kier alpha value is -2.70. The topological polar surface area (TPSA) is 54.5 Å². The van der Waals surface area contributed by atoms with E-state index in [0.717, 1.165) is 24.3 Å². The Kier molecular flexibility index (Phi) is 4.80. The number of halogens is 3. The Labute approximate surface area is 154 Å². The number of rotatable bonds is 1. The van der Waals surface area contributed by atoms with E-state index in [2.05, 4.69) is 0 Å². The predicted molar refractivity (Wildman–Crippen MR) is 92.0 cm³/mol. The van der Waals surface area contributed by atoms with Gasteiger partial charge in [-0.3, -0.25) is 14.4 Å². The summed E-state index contributed by atoms with van der Waals surface area (Å²) in [5, 5.41) is 0. The van der Waals surface area contributed by atoms with Crippen LogP contribution in [0.1, 0.15) is 42.6 Å². The fourth-order valence-electron chi connectivity index (χ4n) is 3.39. The van der Waals surface area contributed by atoms with Crippen LogP contribution in [-0.4, -0.2) is 35.5 Å². The van der Waals surface area contributed by atoms with Crippen molar-refractivity contribution in [3.05, 3.63) is 57.7 Å². The van der Waals surface area contributed by atoms with E-state index in [1.54, 1.807) is 13.8 Å². The summed E-state index contributed by atoms with van der Waals surface area (Å²) in [7, 11) is 0. The predicted octanol–water partition coefficient (Wildman–Crippen LogP) is 3.73. The third kappa shape index (κ3) is 3.46. The van der Waals surface area contributed by atoms with Gasteiger partial charge in [-0.05, 0) is 51.0 Å². The zero-order valence-corrected chi connectivity index (χ0v) is 14.9. The molecule has 27 heavy (non-hydrogen) atoms. The number of ketones is 2. The van der Waals surface area contributed by atoms with Crippen molar-refractivity contribution < 1.29 is 27.6 Å². The minimum atomic E-state index is -4.46. The lowest BCUT2D eigenvalue weighted by Crippen LogP contribution is -2.32. The van der Waals surface area contributed by atoms with Crippen molar-refractivity contribution in [2.24, 2.45) is 0 Å². The molecule has 2 aliphatic rings. The second-order valence-electron chi connectivity index (χ2n) is 6.73. The van der Waals surface area contributed by atoms with Crippen LogP contribution < -0.4 is 0 Å². The minimum Gasteiger partial charge on any atom is -0.338 e. The van der Waals surface area contributed by atoms with Gasteiger partial charge in [-0.15, -0.1) is 0 Å². The average molecular weight is 377 g/mol. The van der Waals surface area contributed by atoms with Gasteiger partial charge in [0.05, 0.1) is 5.56 Å². The highest BCUT2D eigenvalue weighted by Gasteiger charge is 2.33. The average Bonchev–Trinajstić information content (AvgIpc) is 2.86. The van der Waals surface area contributed by atoms with Gasteiger partial charge in [-0.2, -0.15) is 13.2 Å². The first kappa shape index (κ1) is 19.1. The van der Waals surface area contributed by atoms with E-state index in [4.69, 9.17) is 0 Å². The van der Waals surface area contributed by atoms with Crippen molar-refractivity contribution in [2.45, 2.75) is 32.9 Å². The molecule has 1 amide bonds. The Morgan fingerprint density at radius 1 is 0.889 bits per heavy atom. The highest BCUT2D eigenvalue weighted by atomic mass is 19.4. The maximum absolute atomic E-state index is 12.7. The van der Waals surface area contributed by atoms with Gasteiger partial charge in [0.2, 0.25) is 0 Å². The quantitative estimate of drug-likeness (QED) is 0.701. The standard InChI is InChI=1S/C20H18F3NO3/c1-11-12(2)18(26)16-8-10-24(9-7-15(16)17(11)25)19(27)13-3-5-14(6-4-13)20(21,22)23/h3-6H,7-10H2,1-2H3. The largest absolute Gasteiger partial charge is 0.416 e. The Morgan fingerprint density at radius 2 is 1.33 bits per heavy atom. The molecule has 142 valence electrons. The summed E-state index contributed by atoms with van der Waals surface area (Å²) in [5.74, 6) is -0.735. The monoisotopic (exact) mass is 377 g/mol. The second-order valence-corrected chi connectivity index (χ2v) is 6.73. The van der Waals surface area contributed by atoms with Crippen LogP contribution in [0.4, 0.5) is 13.2 Å². The van der Waals surface area contributed by atoms with Crippen molar-refractivity contribution >= 4 is 17.5 Å². The van der Waals surface area contributed by atoms with Crippen LogP contribution in [0.25, 0.3) is 0 Å². The van der Waals surface area contributed by atoms with Gasteiger partial charge in [-0.25, -0.2) is 0 Å². The summed E-state index contributed by atoms with van der Waals surface area (Å²) >= 11 is 0. The summed E-state index contributed by atoms with van der Waals surface area (Å²) in [6.45, 7) is 3.72. The van der Waals surface area contributed by atoms with Gasteiger partial charge in [0.25, 0.3) is 5.91 Å². The molecule has 1 aliphatic carbocycles. The van der Waals surface area contributed by atoms with E-state index in [1.807, 2.05) is 0 Å². The molecule has 0 radical (unpaired) electrons. The molecule has 1 aromatic rings. The van der Waals surface area contributed by atoms with E-state index in [1.165, 1.54) is 4.90 Å². The van der Waals surface area contributed by atoms with E-state index in [-0.39, 0.29) is 43.1 Å². The lowest BCUT2D eigenvalue weighted by molar-refractivity contribution is -0.137. The molecule has 1 aromatic carbocycles. The number of allylic oxidation sites excluding steroid dienone is 2. The molecule has 0 saturated heterocycles. The number of nitrogens with zero attached hydrogens (tertiary/aromatic N) is 1. The molecular formula is C20H18F3NO3. The van der Waals surface area contributed by atoms with Gasteiger partial charge in [-0.1, -0.05) is 0 Å². The molecule has 0 unspecified atom stereocenters. The Bertz CT molecular complexity index is 854. The smallest absolute Gasteiger partial charge is 0.338 e. The number of alkyl halides is 3. The van der Waals surface area contributed by atoms with Gasteiger partial charge < -0.3 is 4.90 Å². The first-order valence-electron chi connectivity index (χ1n) is 8.56. The van der Waals surface area contributed by atoms with Crippen LogP contribution in [-0.2, 0) is 15.8 Å². The molecule has 1 aliphatic heterocycles. The molecule has 7 heteroatoms. The van der Waals surface area contributed by atoms with Gasteiger partial charge in [0.1, 0.15) is 0 Å². The van der Waals surface area contributed by atoms with Crippen molar-refractivity contribution in [1.82, 2.24) is 4.90 Å². The molecule has 0 spiro atoms. The Morgan fingerprint density at radius 3 is 1.74 bits per heavy atom. The van der Waals surface area contributed by atoms with E-state index < -0.39 is 17.6 Å². The third-order valence-corrected chi connectivity index (χ3v) is 5.17. The number of benzene rings is 1. The van der Waals surface area contributed by atoms with Gasteiger partial charge in [0.15, 0.2) is 11.6 Å². The molecule has 3 rings (SSSR count). The summed E-state index contributed by atoms with van der Waals surface area (Å²) in [5.41, 5.74) is 1.09. The summed E-state index contributed by atoms with van der Waals surface area (Å²) < 4.78 is 38.0. The van der Waals surface area contributed by atoms with Crippen LogP contribution >= 0.6 is 0 Å². The van der Waals surface area contributed by atoms with Crippen molar-refractivity contribution in [3.8, 4) is 0 Å². The number of carbonyl (C=O) groups is 3. The maximum Gasteiger partial charge on any atom is 0.416 e. The molecule has 0 bridgehead atoms. The van der Waals surface area contributed by atoms with Crippen LogP contribution in [0.2, 0.25) is 0 Å². The van der Waals surface area contributed by atoms with E-state index in [9.17, 15) is 27.6 Å². The van der Waals surface area contributed by atoms with Crippen LogP contribution in [0, 0.1) is 0 Å². The van der Waals surface area contributed by atoms with Crippen LogP contribution in [0.15, 0.2) is 46.6 Å². The number of hydrogen-bond acceptors (Lipinski definition) is 3.